The van der Waals surface area contributed by atoms with Gasteiger partial charge in [-0.05, 0) is 0 Å². The van der Waals surface area contributed by atoms with E-state index in [1.165, 1.54) is 32.2 Å². The molecule has 0 saturated heterocycles. The fourth-order valence-corrected chi connectivity index (χ4v) is 13.0. The van der Waals surface area contributed by atoms with Crippen LogP contribution in [0.2, 0.25) is 0 Å². The van der Waals surface area contributed by atoms with E-state index < -0.39 is 0 Å². The summed E-state index contributed by atoms with van der Waals surface area (Å²) in [6.07, 6.45) is 0. The van der Waals surface area contributed by atoms with Crippen LogP contribution in [-0.2, 0) is 18.1 Å². The molecule has 0 fully saturated rings. The third-order valence-electron chi connectivity index (χ3n) is 4.75. The third kappa shape index (κ3) is 4.17. The Morgan fingerprint density at radius 2 is 0.897 bits per heavy atom. The van der Waals surface area contributed by atoms with Gasteiger partial charge in [0.1, 0.15) is 0 Å². The number of benzene rings is 5. The van der Waals surface area contributed by atoms with Crippen molar-refractivity contribution >= 4 is 54.5 Å². The van der Waals surface area contributed by atoms with E-state index in [9.17, 15) is 0 Å². The molecule has 29 heavy (non-hydrogen) atoms. The maximum absolute atomic E-state index is 2.34. The van der Waals surface area contributed by atoms with Gasteiger partial charge in [0.15, 0.2) is 0 Å². The Bertz CT molecular complexity index is 1150. The van der Waals surface area contributed by atoms with Gasteiger partial charge in [-0.3, -0.25) is 0 Å². The molecule has 0 nitrogen and oxygen atoms in total. The van der Waals surface area contributed by atoms with Gasteiger partial charge in [0.25, 0.3) is 0 Å². The molecule has 0 aromatic heterocycles. The zero-order chi connectivity index (χ0) is 18.8. The quantitative estimate of drug-likeness (QED) is 0.173. The third-order valence-corrected chi connectivity index (χ3v) is 14.3. The summed E-state index contributed by atoms with van der Waals surface area (Å²) < 4.78 is 1.58. The topological polar surface area (TPSA) is 0 Å². The summed E-state index contributed by atoms with van der Waals surface area (Å²) in [7, 11) is 0. The van der Waals surface area contributed by atoms with Crippen LogP contribution >= 0.6 is 18.4 Å². The first-order chi connectivity index (χ1) is 13.9. The summed E-state index contributed by atoms with van der Waals surface area (Å²) >= 11 is -0.249. The Morgan fingerprint density at radius 3 is 1.38 bits per heavy atom. The predicted octanol–water partition coefficient (Wildman–Crippen LogP) is 6.17. The van der Waals surface area contributed by atoms with Crippen LogP contribution in [0.5, 0.6) is 0 Å². The van der Waals surface area contributed by atoms with Gasteiger partial charge >= 0.3 is 175 Å². The number of fused-ring (bicyclic) bond motifs is 2. The molecule has 5 aromatic rings. The average molecular weight is 594 g/mol. The molecule has 0 unspecified atom stereocenters. The zero-order valence-corrected chi connectivity index (χ0v) is 19.6. The van der Waals surface area contributed by atoms with Crippen molar-refractivity contribution in [1.29, 1.82) is 0 Å². The Morgan fingerprint density at radius 1 is 0.483 bits per heavy atom. The minimum atomic E-state index is -0.362. The Hall–Kier alpha value is -1.97. The minimum absolute atomic E-state index is 0. The molecule has 0 saturated carbocycles. The number of halogens is 1. The number of rotatable bonds is 4. The van der Waals surface area contributed by atoms with Gasteiger partial charge in [0, 0.05) is 0 Å². The first kappa shape index (κ1) is 20.3. The van der Waals surface area contributed by atoms with Gasteiger partial charge in [-0.15, -0.1) is 12.4 Å². The molecule has 0 spiro atoms. The molecule has 0 heterocycles. The van der Waals surface area contributed by atoms with E-state index in [0.717, 1.165) is 0 Å². The van der Waals surface area contributed by atoms with Gasteiger partial charge in [-0.25, -0.2) is 0 Å². The van der Waals surface area contributed by atoms with Gasteiger partial charge in [-0.2, -0.15) is 0 Å². The van der Waals surface area contributed by atoms with Crippen LogP contribution in [0.25, 0.3) is 21.5 Å². The molecular weight excluding hydrogens is 574 g/mol. The Balaban J connectivity index is 0.00000205. The van der Waals surface area contributed by atoms with Crippen molar-refractivity contribution in [3.63, 3.8) is 0 Å². The molecule has 0 aliphatic rings. The SMILES string of the molecule is Cl.c1ccc([P]([Pt][c]2c3ccccc3cc3ccccc23)c2ccccc2)cc1. The van der Waals surface area contributed by atoms with E-state index in [1.807, 2.05) is 0 Å². The van der Waals surface area contributed by atoms with E-state index in [-0.39, 0.29) is 36.5 Å². The van der Waals surface area contributed by atoms with Crippen molar-refractivity contribution in [1.82, 2.24) is 0 Å². The molecule has 146 valence electrons. The normalized spacial score (nSPS) is 11.1. The van der Waals surface area contributed by atoms with E-state index in [1.54, 1.807) is 3.95 Å². The molecule has 0 aliphatic carbocycles. The van der Waals surface area contributed by atoms with Crippen LogP contribution in [-0.4, -0.2) is 0 Å². The summed E-state index contributed by atoms with van der Waals surface area (Å²) in [5.74, 6) is 0. The maximum atomic E-state index is 2.34. The Labute approximate surface area is 187 Å². The fraction of sp³-hybridized carbons (Fsp3) is 0. The van der Waals surface area contributed by atoms with Crippen LogP contribution in [0, 0.1) is 0 Å². The predicted molar refractivity (Wildman–Crippen MR) is 127 cm³/mol. The summed E-state index contributed by atoms with van der Waals surface area (Å²) in [5, 5.41) is 8.52. The molecule has 5 rings (SSSR count). The van der Waals surface area contributed by atoms with Crippen LogP contribution in [0.4, 0.5) is 0 Å². The molecule has 0 radical (unpaired) electrons. The molecule has 0 amide bonds. The summed E-state index contributed by atoms with van der Waals surface area (Å²) in [4.78, 5) is 0. The van der Waals surface area contributed by atoms with Crippen molar-refractivity contribution in [2.24, 2.45) is 0 Å². The molecule has 0 N–H and O–H groups in total. The molecule has 0 atom stereocenters. The van der Waals surface area contributed by atoms with Gasteiger partial charge in [-0.1, -0.05) is 0 Å². The molecular formula is C26H20ClPPt. The number of hydrogen-bond donors (Lipinski definition) is 0. The van der Waals surface area contributed by atoms with Gasteiger partial charge in [0.05, 0.1) is 0 Å². The van der Waals surface area contributed by atoms with E-state index in [2.05, 4.69) is 115 Å². The van der Waals surface area contributed by atoms with Crippen molar-refractivity contribution in [3.8, 4) is 0 Å². The summed E-state index contributed by atoms with van der Waals surface area (Å²) in [5.41, 5.74) is 0. The number of hydrogen-bond acceptors (Lipinski definition) is 0. The van der Waals surface area contributed by atoms with Gasteiger partial charge < -0.3 is 0 Å². The van der Waals surface area contributed by atoms with Crippen molar-refractivity contribution in [2.45, 2.75) is 0 Å². The Kier molecular flexibility index (Phi) is 6.46. The summed E-state index contributed by atoms with van der Waals surface area (Å²) in [6.45, 7) is 0. The van der Waals surface area contributed by atoms with Crippen LogP contribution < -0.4 is 14.6 Å². The fourth-order valence-electron chi connectivity index (χ4n) is 3.41. The van der Waals surface area contributed by atoms with E-state index in [4.69, 9.17) is 0 Å². The molecule has 0 aliphatic heterocycles. The monoisotopic (exact) mass is 593 g/mol. The second-order valence-electron chi connectivity index (χ2n) is 6.60. The average Bonchev–Trinajstić information content (AvgIpc) is 2.78. The first-order valence-electron chi connectivity index (χ1n) is 9.30. The van der Waals surface area contributed by atoms with E-state index >= 15 is 0 Å². The standard InChI is InChI=1S/C14H9.C12H10P.ClH.Pt/c1-2-6-12-10-14-8-4-3-7-13(14)9-11(12)5-1;1-3-7-11(8-4-1)13-12-9-5-2-6-10-12;;/h1-9H;1-10H;1H;/q;-1;;+1. The molecule has 3 heteroatoms. The first-order valence-corrected chi connectivity index (χ1v) is 14.7. The second kappa shape index (κ2) is 9.23. The van der Waals surface area contributed by atoms with Crippen molar-refractivity contribution in [3.05, 3.63) is 115 Å². The van der Waals surface area contributed by atoms with Gasteiger partial charge in [0.2, 0.25) is 0 Å². The van der Waals surface area contributed by atoms with Crippen LogP contribution in [0.15, 0.2) is 115 Å². The molecule has 5 aromatic carbocycles. The molecule has 0 bridgehead atoms. The van der Waals surface area contributed by atoms with E-state index in [0.29, 0.717) is 0 Å². The van der Waals surface area contributed by atoms with Crippen molar-refractivity contribution < 1.29 is 18.1 Å². The van der Waals surface area contributed by atoms with Crippen LogP contribution in [0.3, 0.4) is 0 Å². The van der Waals surface area contributed by atoms with Crippen molar-refractivity contribution in [2.75, 3.05) is 0 Å². The van der Waals surface area contributed by atoms with Crippen LogP contribution in [0.1, 0.15) is 0 Å². The zero-order valence-electron chi connectivity index (χ0n) is 15.6. The summed E-state index contributed by atoms with van der Waals surface area (Å²) in [6, 6.07) is 41.9. The second-order valence-corrected chi connectivity index (χ2v) is 14.0.